The van der Waals surface area contributed by atoms with Crippen LogP contribution in [0.25, 0.3) is 6.08 Å². The molecular weight excluding hydrogens is 192 g/mol. The Kier molecular flexibility index (Phi) is 2.04. The third kappa shape index (κ3) is 1.61. The summed E-state index contributed by atoms with van der Waals surface area (Å²) in [5, 5.41) is 0. The van der Waals surface area contributed by atoms with Crippen LogP contribution in [0.4, 0.5) is 0 Å². The second kappa shape index (κ2) is 3.24. The fraction of sp³-hybridized carbons (Fsp3) is 0.0909. The van der Waals surface area contributed by atoms with Gasteiger partial charge in [0.2, 0.25) is 11.8 Å². The monoisotopic (exact) mass is 202 g/mol. The van der Waals surface area contributed by atoms with E-state index in [4.69, 9.17) is 11.5 Å². The molecule has 0 heterocycles. The van der Waals surface area contributed by atoms with Crippen molar-refractivity contribution in [3.63, 3.8) is 0 Å². The minimum absolute atomic E-state index is 0.424. The molecule has 1 aromatic rings. The van der Waals surface area contributed by atoms with Crippen LogP contribution in [-0.4, -0.2) is 11.8 Å². The number of fused-ring (bicyclic) bond motifs is 1. The van der Waals surface area contributed by atoms with Gasteiger partial charge in [-0.25, -0.2) is 0 Å². The van der Waals surface area contributed by atoms with Crippen LogP contribution in [0.3, 0.4) is 0 Å². The molecule has 15 heavy (non-hydrogen) atoms. The van der Waals surface area contributed by atoms with Gasteiger partial charge in [0.05, 0.1) is 0 Å². The van der Waals surface area contributed by atoms with Crippen molar-refractivity contribution in [3.05, 3.63) is 40.5 Å². The maximum atomic E-state index is 11.0. The molecule has 1 aliphatic carbocycles. The Morgan fingerprint density at radius 2 is 1.87 bits per heavy atom. The van der Waals surface area contributed by atoms with Gasteiger partial charge in [-0.2, -0.15) is 0 Å². The Morgan fingerprint density at radius 3 is 2.47 bits per heavy atom. The molecule has 0 radical (unpaired) electrons. The number of nitrogens with two attached hydrogens (primary N) is 2. The zero-order valence-corrected chi connectivity index (χ0v) is 7.99. The van der Waals surface area contributed by atoms with Crippen molar-refractivity contribution >= 4 is 17.9 Å². The van der Waals surface area contributed by atoms with Crippen LogP contribution >= 0.6 is 0 Å². The molecule has 0 aliphatic heterocycles. The van der Waals surface area contributed by atoms with Crippen LogP contribution in [0.5, 0.6) is 0 Å². The number of benzene rings is 1. The van der Waals surface area contributed by atoms with E-state index in [0.717, 1.165) is 11.1 Å². The van der Waals surface area contributed by atoms with E-state index in [2.05, 4.69) is 0 Å². The summed E-state index contributed by atoms with van der Waals surface area (Å²) >= 11 is 0. The molecule has 0 bridgehead atoms. The van der Waals surface area contributed by atoms with Crippen molar-refractivity contribution in [1.82, 2.24) is 0 Å². The summed E-state index contributed by atoms with van der Waals surface area (Å²) in [4.78, 5) is 21.9. The zero-order chi connectivity index (χ0) is 11.0. The summed E-state index contributed by atoms with van der Waals surface area (Å²) in [5.41, 5.74) is 13.2. The fourth-order valence-corrected chi connectivity index (χ4v) is 1.65. The van der Waals surface area contributed by atoms with Crippen molar-refractivity contribution in [1.29, 1.82) is 0 Å². The summed E-state index contributed by atoms with van der Waals surface area (Å²) in [6.45, 7) is 0. The summed E-state index contributed by atoms with van der Waals surface area (Å²) in [6, 6.07) is 5.12. The van der Waals surface area contributed by atoms with E-state index in [1.807, 2.05) is 0 Å². The highest BCUT2D eigenvalue weighted by molar-refractivity contribution is 6.00. The summed E-state index contributed by atoms with van der Waals surface area (Å²) in [5.74, 6) is -0.898. The third-order valence-electron chi connectivity index (χ3n) is 2.46. The first-order valence-corrected chi connectivity index (χ1v) is 4.51. The quantitative estimate of drug-likeness (QED) is 0.718. The highest BCUT2D eigenvalue weighted by Gasteiger charge is 2.17. The molecule has 0 spiro atoms. The van der Waals surface area contributed by atoms with Crippen molar-refractivity contribution in [2.24, 2.45) is 11.5 Å². The molecule has 0 fully saturated rings. The van der Waals surface area contributed by atoms with E-state index >= 15 is 0 Å². The van der Waals surface area contributed by atoms with Crippen LogP contribution in [0.2, 0.25) is 0 Å². The Bertz CT molecular complexity index is 489. The minimum Gasteiger partial charge on any atom is -0.366 e. The Labute approximate surface area is 86.6 Å². The number of rotatable bonds is 2. The molecular formula is C11H10N2O2. The van der Waals surface area contributed by atoms with Crippen molar-refractivity contribution in [2.45, 2.75) is 6.42 Å². The number of hydrogen-bond donors (Lipinski definition) is 2. The van der Waals surface area contributed by atoms with Crippen LogP contribution in [0, 0.1) is 0 Å². The number of carbonyl (C=O) groups is 2. The Morgan fingerprint density at radius 1 is 1.13 bits per heavy atom. The average Bonchev–Trinajstić information content (AvgIpc) is 2.59. The van der Waals surface area contributed by atoms with Gasteiger partial charge in [-0.15, -0.1) is 0 Å². The van der Waals surface area contributed by atoms with E-state index in [0.29, 0.717) is 17.6 Å². The van der Waals surface area contributed by atoms with E-state index in [1.165, 1.54) is 0 Å². The van der Waals surface area contributed by atoms with Crippen molar-refractivity contribution < 1.29 is 9.59 Å². The van der Waals surface area contributed by atoms with Gasteiger partial charge in [-0.3, -0.25) is 9.59 Å². The molecule has 0 atom stereocenters. The molecule has 76 valence electrons. The lowest BCUT2D eigenvalue weighted by Crippen LogP contribution is -2.13. The SMILES string of the molecule is NC(=O)C1=Cc2cc(C(N)=O)ccc2C1. The average molecular weight is 202 g/mol. The second-order valence-electron chi connectivity index (χ2n) is 3.49. The van der Waals surface area contributed by atoms with Gasteiger partial charge >= 0.3 is 0 Å². The fourth-order valence-electron chi connectivity index (χ4n) is 1.65. The summed E-state index contributed by atoms with van der Waals surface area (Å²) in [7, 11) is 0. The number of primary amides is 2. The molecule has 4 N–H and O–H groups in total. The molecule has 0 aromatic heterocycles. The first kappa shape index (κ1) is 9.45. The van der Waals surface area contributed by atoms with Crippen molar-refractivity contribution in [3.8, 4) is 0 Å². The summed E-state index contributed by atoms with van der Waals surface area (Å²) in [6.07, 6.45) is 2.23. The molecule has 0 saturated heterocycles. The molecule has 0 saturated carbocycles. The van der Waals surface area contributed by atoms with E-state index < -0.39 is 11.8 Å². The number of carbonyl (C=O) groups excluding carboxylic acids is 2. The van der Waals surface area contributed by atoms with E-state index in [9.17, 15) is 9.59 Å². The smallest absolute Gasteiger partial charge is 0.248 e. The van der Waals surface area contributed by atoms with Crippen LogP contribution in [0.1, 0.15) is 21.5 Å². The lowest BCUT2D eigenvalue weighted by Gasteiger charge is -2.00. The van der Waals surface area contributed by atoms with Gasteiger partial charge in [0.25, 0.3) is 0 Å². The number of hydrogen-bond acceptors (Lipinski definition) is 2. The van der Waals surface area contributed by atoms with Crippen molar-refractivity contribution in [2.75, 3.05) is 0 Å². The molecule has 4 nitrogen and oxygen atoms in total. The molecule has 1 aliphatic rings. The van der Waals surface area contributed by atoms with Gasteiger partial charge in [0, 0.05) is 17.6 Å². The first-order valence-electron chi connectivity index (χ1n) is 4.51. The lowest BCUT2D eigenvalue weighted by atomic mass is 10.1. The minimum atomic E-state index is -0.473. The highest BCUT2D eigenvalue weighted by Crippen LogP contribution is 2.25. The van der Waals surface area contributed by atoms with Gasteiger partial charge in [0.15, 0.2) is 0 Å². The second-order valence-corrected chi connectivity index (χ2v) is 3.49. The normalized spacial score (nSPS) is 13.2. The van der Waals surface area contributed by atoms with Gasteiger partial charge in [-0.1, -0.05) is 6.07 Å². The first-order chi connectivity index (χ1) is 7.08. The molecule has 1 aromatic carbocycles. The lowest BCUT2D eigenvalue weighted by molar-refractivity contribution is -0.114. The molecule has 0 unspecified atom stereocenters. The largest absolute Gasteiger partial charge is 0.366 e. The highest BCUT2D eigenvalue weighted by atomic mass is 16.1. The molecule has 4 heteroatoms. The molecule has 2 rings (SSSR count). The van der Waals surface area contributed by atoms with Crippen LogP contribution < -0.4 is 11.5 Å². The predicted octanol–water partition coefficient (Wildman–Crippen LogP) is 0.210. The Balaban J connectivity index is 2.43. The van der Waals surface area contributed by atoms with Gasteiger partial charge in [-0.05, 0) is 29.3 Å². The van der Waals surface area contributed by atoms with Gasteiger partial charge in [0.1, 0.15) is 0 Å². The Hall–Kier alpha value is -2.10. The van der Waals surface area contributed by atoms with Gasteiger partial charge < -0.3 is 11.5 Å². The standard InChI is InChI=1S/C11H10N2O2/c12-10(14)7-2-1-6-3-9(11(13)15)5-8(6)4-7/h1-2,4-5H,3H2,(H2,12,14)(H2,13,15). The summed E-state index contributed by atoms with van der Waals surface area (Å²) < 4.78 is 0. The van der Waals surface area contributed by atoms with Crippen LogP contribution in [-0.2, 0) is 11.2 Å². The maximum Gasteiger partial charge on any atom is 0.248 e. The number of amides is 2. The van der Waals surface area contributed by atoms with Crippen LogP contribution in [0.15, 0.2) is 23.8 Å². The third-order valence-corrected chi connectivity index (χ3v) is 2.46. The van der Waals surface area contributed by atoms with E-state index in [1.54, 1.807) is 24.3 Å². The predicted molar refractivity (Wildman–Crippen MR) is 55.8 cm³/mol. The topological polar surface area (TPSA) is 86.2 Å². The maximum absolute atomic E-state index is 11.0. The molecule has 2 amide bonds. The van der Waals surface area contributed by atoms with E-state index in [-0.39, 0.29) is 0 Å². The zero-order valence-electron chi connectivity index (χ0n) is 7.99.